The van der Waals surface area contributed by atoms with Gasteiger partial charge in [0.15, 0.2) is 0 Å². The molecule has 1 rings (SSSR count). The Morgan fingerprint density at radius 1 is 1.14 bits per heavy atom. The van der Waals surface area contributed by atoms with Gasteiger partial charge >= 0.3 is 0 Å². The van der Waals surface area contributed by atoms with Crippen LogP contribution in [0.15, 0.2) is 18.2 Å². The van der Waals surface area contributed by atoms with E-state index in [9.17, 15) is 0 Å². The summed E-state index contributed by atoms with van der Waals surface area (Å²) in [7, 11) is 0. The summed E-state index contributed by atoms with van der Waals surface area (Å²) in [6.07, 6.45) is 10.1. The maximum Gasteiger partial charge on any atom is 0.123 e. The highest BCUT2D eigenvalue weighted by molar-refractivity contribution is 6.32. The fourth-order valence-electron chi connectivity index (χ4n) is 2.93. The lowest BCUT2D eigenvalue weighted by Crippen LogP contribution is -2.07. The predicted octanol–water partition coefficient (Wildman–Crippen LogP) is 6.99. The van der Waals surface area contributed by atoms with Crippen LogP contribution in [0.25, 0.3) is 0 Å². The van der Waals surface area contributed by atoms with E-state index < -0.39 is 0 Å². The molecule has 0 saturated carbocycles. The quantitative estimate of drug-likeness (QED) is 0.445. The molecule has 0 aromatic heterocycles. The molecule has 0 aliphatic carbocycles. The average molecular weight is 323 g/mol. The van der Waals surface area contributed by atoms with Crippen LogP contribution in [0.5, 0.6) is 5.75 Å². The van der Waals surface area contributed by atoms with Gasteiger partial charge in [-0.15, -0.1) is 0 Å². The van der Waals surface area contributed by atoms with Crippen molar-refractivity contribution in [1.29, 1.82) is 0 Å². The minimum Gasteiger partial charge on any atom is -0.493 e. The van der Waals surface area contributed by atoms with E-state index in [0.29, 0.717) is 5.92 Å². The Bertz CT molecular complexity index is 491. The summed E-state index contributed by atoms with van der Waals surface area (Å²) in [6, 6.07) is 2.12. The van der Waals surface area contributed by atoms with Crippen LogP contribution in [0, 0.1) is 13.8 Å². The second-order valence-electron chi connectivity index (χ2n) is 5.99. The third-order valence-electron chi connectivity index (χ3n) is 4.02. The van der Waals surface area contributed by atoms with Crippen LogP contribution in [0.1, 0.15) is 75.5 Å². The lowest BCUT2D eigenvalue weighted by Gasteiger charge is -2.23. The Balaban J connectivity index is 3.24. The molecule has 0 heterocycles. The molecule has 1 aromatic rings. The highest BCUT2D eigenvalue weighted by Gasteiger charge is 2.20. The maximum absolute atomic E-state index is 6.52. The van der Waals surface area contributed by atoms with E-state index in [1.165, 1.54) is 17.5 Å². The Morgan fingerprint density at radius 2 is 1.86 bits per heavy atom. The van der Waals surface area contributed by atoms with E-state index in [1.807, 2.05) is 0 Å². The van der Waals surface area contributed by atoms with E-state index in [-0.39, 0.29) is 0 Å². The van der Waals surface area contributed by atoms with Crippen molar-refractivity contribution in [3.05, 3.63) is 39.9 Å². The van der Waals surface area contributed by atoms with Crippen LogP contribution in [0.2, 0.25) is 5.02 Å². The van der Waals surface area contributed by atoms with Gasteiger partial charge in [-0.05, 0) is 62.6 Å². The number of rotatable bonds is 9. The van der Waals surface area contributed by atoms with Crippen molar-refractivity contribution >= 4 is 11.6 Å². The molecule has 0 bridgehead atoms. The molecular formula is C20H31ClO. The second-order valence-corrected chi connectivity index (χ2v) is 6.37. The smallest absolute Gasteiger partial charge is 0.123 e. The van der Waals surface area contributed by atoms with E-state index >= 15 is 0 Å². The molecule has 0 spiro atoms. The molecular weight excluding hydrogens is 292 g/mol. The van der Waals surface area contributed by atoms with Crippen LogP contribution in [0.4, 0.5) is 0 Å². The lowest BCUT2D eigenvalue weighted by atomic mass is 9.86. The van der Waals surface area contributed by atoms with Crippen molar-refractivity contribution in [2.75, 3.05) is 6.61 Å². The average Bonchev–Trinajstić information content (AvgIpc) is 2.50. The van der Waals surface area contributed by atoms with Crippen LogP contribution in [-0.4, -0.2) is 6.61 Å². The molecule has 22 heavy (non-hydrogen) atoms. The third-order valence-corrected chi connectivity index (χ3v) is 4.60. The summed E-state index contributed by atoms with van der Waals surface area (Å²) in [6.45, 7) is 11.5. The third kappa shape index (κ3) is 5.05. The van der Waals surface area contributed by atoms with Gasteiger partial charge in [-0.2, -0.15) is 0 Å². The second kappa shape index (κ2) is 9.94. The topological polar surface area (TPSA) is 9.23 Å². The molecule has 1 aromatic carbocycles. The molecule has 0 amide bonds. The number of allylic oxidation sites excluding steroid dienone is 2. The number of hydrogen-bond donors (Lipinski definition) is 0. The Kier molecular flexibility index (Phi) is 8.63. The van der Waals surface area contributed by atoms with Crippen molar-refractivity contribution in [2.45, 2.75) is 72.6 Å². The first-order valence-corrected chi connectivity index (χ1v) is 9.01. The van der Waals surface area contributed by atoms with Gasteiger partial charge in [-0.25, -0.2) is 0 Å². The van der Waals surface area contributed by atoms with Gasteiger partial charge in [0, 0.05) is 10.6 Å². The largest absolute Gasteiger partial charge is 0.493 e. The molecule has 1 unspecified atom stereocenters. The molecule has 0 aliphatic heterocycles. The minimum absolute atomic E-state index is 0.484. The van der Waals surface area contributed by atoms with Crippen LogP contribution >= 0.6 is 11.6 Å². The Hall–Kier alpha value is -0.950. The SMILES string of the molecule is CC/C=C\CC(CCC)c1c(OCCC)cc(C)c(Cl)c1C. The number of halogens is 1. The monoisotopic (exact) mass is 322 g/mol. The first-order chi connectivity index (χ1) is 10.6. The summed E-state index contributed by atoms with van der Waals surface area (Å²) in [5, 5.41) is 0.888. The molecule has 0 radical (unpaired) electrons. The van der Waals surface area contributed by atoms with Gasteiger partial charge in [0.25, 0.3) is 0 Å². The van der Waals surface area contributed by atoms with Crippen molar-refractivity contribution in [1.82, 2.24) is 0 Å². The molecule has 0 N–H and O–H groups in total. The molecule has 0 aliphatic rings. The number of benzene rings is 1. The fraction of sp³-hybridized carbons (Fsp3) is 0.600. The minimum atomic E-state index is 0.484. The van der Waals surface area contributed by atoms with Crippen LogP contribution in [-0.2, 0) is 0 Å². The summed E-state index contributed by atoms with van der Waals surface area (Å²) in [5.41, 5.74) is 3.61. The van der Waals surface area contributed by atoms with Gasteiger partial charge in [0.1, 0.15) is 5.75 Å². The molecule has 1 atom stereocenters. The van der Waals surface area contributed by atoms with Gasteiger partial charge < -0.3 is 4.74 Å². The summed E-state index contributed by atoms with van der Waals surface area (Å²) in [5.74, 6) is 1.52. The van der Waals surface area contributed by atoms with Crippen molar-refractivity contribution < 1.29 is 4.74 Å². The van der Waals surface area contributed by atoms with Crippen molar-refractivity contribution in [3.8, 4) is 5.75 Å². The van der Waals surface area contributed by atoms with E-state index in [4.69, 9.17) is 16.3 Å². The van der Waals surface area contributed by atoms with Gasteiger partial charge in [-0.1, -0.05) is 50.9 Å². The highest BCUT2D eigenvalue weighted by Crippen LogP contribution is 2.40. The zero-order valence-electron chi connectivity index (χ0n) is 14.8. The normalized spacial score (nSPS) is 12.8. The van der Waals surface area contributed by atoms with E-state index in [2.05, 4.69) is 52.8 Å². The maximum atomic E-state index is 6.52. The lowest BCUT2D eigenvalue weighted by molar-refractivity contribution is 0.311. The van der Waals surface area contributed by atoms with E-state index in [1.54, 1.807) is 0 Å². The van der Waals surface area contributed by atoms with Crippen LogP contribution < -0.4 is 4.74 Å². The summed E-state index contributed by atoms with van der Waals surface area (Å²) < 4.78 is 6.05. The number of aryl methyl sites for hydroxylation is 1. The molecule has 2 heteroatoms. The van der Waals surface area contributed by atoms with Gasteiger partial charge in [0.2, 0.25) is 0 Å². The number of hydrogen-bond acceptors (Lipinski definition) is 1. The molecule has 124 valence electrons. The summed E-state index contributed by atoms with van der Waals surface area (Å²) in [4.78, 5) is 0. The fourth-order valence-corrected chi connectivity index (χ4v) is 3.09. The zero-order chi connectivity index (χ0) is 16.5. The van der Waals surface area contributed by atoms with Crippen molar-refractivity contribution in [3.63, 3.8) is 0 Å². The predicted molar refractivity (Wildman–Crippen MR) is 98.4 cm³/mol. The first-order valence-electron chi connectivity index (χ1n) is 8.64. The Labute approximate surface area is 141 Å². The van der Waals surface area contributed by atoms with Crippen molar-refractivity contribution in [2.24, 2.45) is 0 Å². The Morgan fingerprint density at radius 3 is 2.45 bits per heavy atom. The zero-order valence-corrected chi connectivity index (χ0v) is 15.6. The standard InChI is InChI=1S/C20H31ClO/c1-6-9-10-12-17(11-7-2)19-16(5)20(21)15(4)14-18(19)22-13-8-3/h9-10,14,17H,6-8,11-13H2,1-5H3/b10-9-. The highest BCUT2D eigenvalue weighted by atomic mass is 35.5. The molecule has 1 nitrogen and oxygen atoms in total. The summed E-state index contributed by atoms with van der Waals surface area (Å²) >= 11 is 6.52. The van der Waals surface area contributed by atoms with Crippen LogP contribution in [0.3, 0.4) is 0 Å². The molecule has 0 saturated heterocycles. The first kappa shape index (κ1) is 19.1. The van der Waals surface area contributed by atoms with Gasteiger partial charge in [0.05, 0.1) is 6.61 Å². The van der Waals surface area contributed by atoms with E-state index in [0.717, 1.165) is 48.6 Å². The number of ether oxygens (including phenoxy) is 1. The molecule has 0 fully saturated rings. The van der Waals surface area contributed by atoms with Gasteiger partial charge in [-0.3, -0.25) is 0 Å².